The van der Waals surface area contributed by atoms with Crippen molar-refractivity contribution in [1.82, 2.24) is 10.2 Å². The molecule has 3 rings (SSSR count). The monoisotopic (exact) mass is 368 g/mol. The lowest BCUT2D eigenvalue weighted by Gasteiger charge is -2.35. The van der Waals surface area contributed by atoms with Crippen LogP contribution in [0, 0.1) is 0 Å². The van der Waals surface area contributed by atoms with Crippen LogP contribution in [0.5, 0.6) is 11.5 Å². The number of methoxy groups -OCH3 is 1. The smallest absolute Gasteiger partial charge is 0.161 e. The van der Waals surface area contributed by atoms with Crippen molar-refractivity contribution in [3.8, 4) is 11.5 Å². The van der Waals surface area contributed by atoms with Gasteiger partial charge in [0.25, 0.3) is 0 Å². The highest BCUT2D eigenvalue weighted by atomic mass is 16.5. The summed E-state index contributed by atoms with van der Waals surface area (Å²) in [6, 6.07) is 17.2. The second-order valence-corrected chi connectivity index (χ2v) is 7.13. The highest BCUT2D eigenvalue weighted by molar-refractivity contribution is 5.44. The maximum Gasteiger partial charge on any atom is 0.161 e. The molecular formula is C23H32N2O2. The van der Waals surface area contributed by atoms with Gasteiger partial charge in [0.05, 0.1) is 7.11 Å². The molecule has 2 aromatic rings. The van der Waals surface area contributed by atoms with Crippen molar-refractivity contribution in [3.63, 3.8) is 0 Å². The highest BCUT2D eigenvalue weighted by Gasteiger charge is 2.23. The van der Waals surface area contributed by atoms with Gasteiger partial charge >= 0.3 is 0 Å². The Morgan fingerprint density at radius 2 is 1.81 bits per heavy atom. The van der Waals surface area contributed by atoms with Gasteiger partial charge in [-0.15, -0.1) is 0 Å². The van der Waals surface area contributed by atoms with Gasteiger partial charge < -0.3 is 14.8 Å². The van der Waals surface area contributed by atoms with E-state index in [4.69, 9.17) is 9.47 Å². The predicted molar refractivity (Wildman–Crippen MR) is 110 cm³/mol. The zero-order chi connectivity index (χ0) is 18.9. The van der Waals surface area contributed by atoms with Crippen LogP contribution in [-0.2, 0) is 6.61 Å². The quantitative estimate of drug-likeness (QED) is 0.711. The number of hydrogen-bond donors (Lipinski definition) is 1. The third kappa shape index (κ3) is 5.47. The molecule has 1 saturated heterocycles. The summed E-state index contributed by atoms with van der Waals surface area (Å²) in [5.41, 5.74) is 2.49. The van der Waals surface area contributed by atoms with E-state index in [1.807, 2.05) is 18.2 Å². The zero-order valence-corrected chi connectivity index (χ0v) is 16.6. The van der Waals surface area contributed by atoms with Gasteiger partial charge in [-0.1, -0.05) is 56.2 Å². The van der Waals surface area contributed by atoms with E-state index in [0.717, 1.165) is 43.2 Å². The van der Waals surface area contributed by atoms with E-state index >= 15 is 0 Å². The predicted octanol–water partition coefficient (Wildman–Crippen LogP) is 4.41. The van der Waals surface area contributed by atoms with Crippen LogP contribution in [0.2, 0.25) is 0 Å². The number of rotatable bonds is 9. The zero-order valence-electron chi connectivity index (χ0n) is 16.6. The molecule has 4 nitrogen and oxygen atoms in total. The Labute approximate surface area is 163 Å². The Hall–Kier alpha value is -2.04. The average Bonchev–Trinajstić information content (AvgIpc) is 2.74. The SMILES string of the molecule is CCCC[C@H](c1ccc(OC)c(OCc2ccccc2)c1)N1CCNCC1. The summed E-state index contributed by atoms with van der Waals surface area (Å²) in [5.74, 6) is 1.62. The number of benzene rings is 2. The average molecular weight is 369 g/mol. The van der Waals surface area contributed by atoms with Crippen LogP contribution in [0.15, 0.2) is 48.5 Å². The topological polar surface area (TPSA) is 33.7 Å². The number of nitrogens with one attached hydrogen (secondary N) is 1. The molecule has 27 heavy (non-hydrogen) atoms. The van der Waals surface area contributed by atoms with Crippen LogP contribution in [0.1, 0.15) is 43.4 Å². The van der Waals surface area contributed by atoms with Crippen LogP contribution in [0.3, 0.4) is 0 Å². The van der Waals surface area contributed by atoms with Gasteiger partial charge in [0.15, 0.2) is 11.5 Å². The van der Waals surface area contributed by atoms with E-state index in [1.54, 1.807) is 7.11 Å². The lowest BCUT2D eigenvalue weighted by Crippen LogP contribution is -2.45. The van der Waals surface area contributed by atoms with Crippen molar-refractivity contribution >= 4 is 0 Å². The molecule has 1 N–H and O–H groups in total. The van der Waals surface area contributed by atoms with Crippen molar-refractivity contribution < 1.29 is 9.47 Å². The van der Waals surface area contributed by atoms with E-state index in [1.165, 1.54) is 24.8 Å². The van der Waals surface area contributed by atoms with E-state index in [9.17, 15) is 0 Å². The third-order valence-corrected chi connectivity index (χ3v) is 5.23. The minimum Gasteiger partial charge on any atom is -0.493 e. The van der Waals surface area contributed by atoms with Gasteiger partial charge in [-0.2, -0.15) is 0 Å². The highest BCUT2D eigenvalue weighted by Crippen LogP contribution is 2.35. The molecule has 146 valence electrons. The molecule has 1 aliphatic rings. The van der Waals surface area contributed by atoms with E-state index < -0.39 is 0 Å². The lowest BCUT2D eigenvalue weighted by atomic mass is 9.98. The molecule has 0 bridgehead atoms. The van der Waals surface area contributed by atoms with Crippen LogP contribution in [-0.4, -0.2) is 38.2 Å². The summed E-state index contributed by atoms with van der Waals surface area (Å²) in [6.45, 7) is 7.14. The maximum atomic E-state index is 6.14. The van der Waals surface area contributed by atoms with Crippen molar-refractivity contribution in [2.24, 2.45) is 0 Å². The first-order valence-electron chi connectivity index (χ1n) is 10.1. The minimum atomic E-state index is 0.442. The number of hydrogen-bond acceptors (Lipinski definition) is 4. The molecule has 0 amide bonds. The molecule has 4 heteroatoms. The first-order chi connectivity index (χ1) is 13.3. The molecule has 0 saturated carbocycles. The van der Waals surface area contributed by atoms with Crippen molar-refractivity contribution in [3.05, 3.63) is 59.7 Å². The van der Waals surface area contributed by atoms with Crippen LogP contribution >= 0.6 is 0 Å². The Morgan fingerprint density at radius 3 is 2.52 bits per heavy atom. The van der Waals surface area contributed by atoms with Gasteiger partial charge in [0, 0.05) is 32.2 Å². The fraction of sp³-hybridized carbons (Fsp3) is 0.478. The largest absolute Gasteiger partial charge is 0.493 e. The first-order valence-corrected chi connectivity index (χ1v) is 10.1. The van der Waals surface area contributed by atoms with Crippen molar-refractivity contribution in [1.29, 1.82) is 0 Å². The van der Waals surface area contributed by atoms with Gasteiger partial charge in [-0.05, 0) is 29.7 Å². The molecule has 1 heterocycles. The Kier molecular flexibility index (Phi) is 7.55. The Balaban J connectivity index is 1.79. The molecule has 0 aromatic heterocycles. The van der Waals surface area contributed by atoms with Gasteiger partial charge in [0.1, 0.15) is 6.61 Å². The molecule has 1 fully saturated rings. The molecule has 0 radical (unpaired) electrons. The summed E-state index contributed by atoms with van der Waals surface area (Å²) in [4.78, 5) is 2.61. The van der Waals surface area contributed by atoms with Gasteiger partial charge in [-0.3, -0.25) is 4.90 Å². The van der Waals surface area contributed by atoms with E-state index in [-0.39, 0.29) is 0 Å². The summed E-state index contributed by atoms with van der Waals surface area (Å²) in [7, 11) is 1.70. The normalized spacial score (nSPS) is 16.1. The van der Waals surface area contributed by atoms with Gasteiger partial charge in [-0.25, -0.2) is 0 Å². The van der Waals surface area contributed by atoms with E-state index in [0.29, 0.717) is 12.6 Å². The number of ether oxygens (including phenoxy) is 2. The Morgan fingerprint density at radius 1 is 1.04 bits per heavy atom. The molecule has 0 unspecified atom stereocenters. The standard InChI is InChI=1S/C23H32N2O2/c1-3-4-10-21(25-15-13-24-14-16-25)20-11-12-22(26-2)23(17-20)27-18-19-8-6-5-7-9-19/h5-9,11-12,17,21,24H,3-4,10,13-16,18H2,1-2H3/t21-/m1/s1. The molecule has 1 aliphatic heterocycles. The molecule has 0 aliphatic carbocycles. The third-order valence-electron chi connectivity index (χ3n) is 5.23. The fourth-order valence-corrected chi connectivity index (χ4v) is 3.70. The van der Waals surface area contributed by atoms with Crippen LogP contribution in [0.4, 0.5) is 0 Å². The van der Waals surface area contributed by atoms with Crippen LogP contribution in [0.25, 0.3) is 0 Å². The number of nitrogens with zero attached hydrogens (tertiary/aromatic N) is 1. The lowest BCUT2D eigenvalue weighted by molar-refractivity contribution is 0.162. The molecular weight excluding hydrogens is 336 g/mol. The minimum absolute atomic E-state index is 0.442. The molecule has 1 atom stereocenters. The summed E-state index contributed by atoms with van der Waals surface area (Å²) < 4.78 is 11.7. The van der Waals surface area contributed by atoms with Gasteiger partial charge in [0.2, 0.25) is 0 Å². The number of piperazine rings is 1. The van der Waals surface area contributed by atoms with E-state index in [2.05, 4.69) is 47.5 Å². The summed E-state index contributed by atoms with van der Waals surface area (Å²) in [6.07, 6.45) is 3.64. The first kappa shape index (κ1) is 19.7. The van der Waals surface area contributed by atoms with Crippen LogP contribution < -0.4 is 14.8 Å². The second kappa shape index (κ2) is 10.3. The molecule has 2 aromatic carbocycles. The fourth-order valence-electron chi connectivity index (χ4n) is 3.70. The number of unbranched alkanes of at least 4 members (excludes halogenated alkanes) is 1. The summed E-state index contributed by atoms with van der Waals surface area (Å²) in [5, 5.41) is 3.46. The van der Waals surface area contributed by atoms with Crippen molar-refractivity contribution in [2.45, 2.75) is 38.8 Å². The maximum absolute atomic E-state index is 6.14. The Bertz CT molecular complexity index is 684. The summed E-state index contributed by atoms with van der Waals surface area (Å²) >= 11 is 0. The van der Waals surface area contributed by atoms with Crippen molar-refractivity contribution in [2.75, 3.05) is 33.3 Å². The second-order valence-electron chi connectivity index (χ2n) is 7.13. The molecule has 0 spiro atoms.